The molecule has 0 radical (unpaired) electrons. The Labute approximate surface area is 127 Å². The van der Waals surface area contributed by atoms with Crippen LogP contribution in [-0.4, -0.2) is 18.5 Å². The van der Waals surface area contributed by atoms with E-state index < -0.39 is 0 Å². The van der Waals surface area contributed by atoms with E-state index in [4.69, 9.17) is 8.83 Å². The van der Waals surface area contributed by atoms with Crippen molar-refractivity contribution in [2.45, 2.75) is 46.8 Å². The Balaban J connectivity index is 1.88. The summed E-state index contributed by atoms with van der Waals surface area (Å²) < 4.78 is 11.5. The highest BCUT2D eigenvalue weighted by Gasteiger charge is 2.10. The average molecular weight is 290 g/mol. The molecule has 0 aromatic carbocycles. The number of hydrogen-bond donors (Lipinski definition) is 1. The molecule has 0 aliphatic carbocycles. The van der Waals surface area contributed by atoms with E-state index in [0.29, 0.717) is 0 Å². The molecule has 1 N–H and O–H groups in total. The van der Waals surface area contributed by atoms with E-state index in [1.807, 2.05) is 26.0 Å². The van der Waals surface area contributed by atoms with E-state index in [1.54, 1.807) is 0 Å². The van der Waals surface area contributed by atoms with Gasteiger partial charge in [0.1, 0.15) is 23.0 Å². The zero-order valence-electron chi connectivity index (χ0n) is 13.5. The summed E-state index contributed by atoms with van der Waals surface area (Å²) in [7, 11) is 2.07. The number of furan rings is 2. The summed E-state index contributed by atoms with van der Waals surface area (Å²) in [4.78, 5) is 2.19. The summed E-state index contributed by atoms with van der Waals surface area (Å²) in [5.74, 6) is 3.96. The normalized spacial score (nSPS) is 11.5. The second kappa shape index (κ2) is 7.48. The highest BCUT2D eigenvalue weighted by atomic mass is 16.3. The molecule has 2 heterocycles. The van der Waals surface area contributed by atoms with Crippen LogP contribution < -0.4 is 5.32 Å². The third-order valence-electron chi connectivity index (χ3n) is 3.46. The van der Waals surface area contributed by atoms with Gasteiger partial charge in [-0.3, -0.25) is 4.90 Å². The summed E-state index contributed by atoms with van der Waals surface area (Å²) in [6.07, 6.45) is 1.15. The lowest BCUT2D eigenvalue weighted by molar-refractivity contribution is 0.261. The van der Waals surface area contributed by atoms with Crippen LogP contribution in [0.3, 0.4) is 0 Å². The zero-order chi connectivity index (χ0) is 15.2. The third-order valence-corrected chi connectivity index (χ3v) is 3.46. The van der Waals surface area contributed by atoms with E-state index in [1.165, 1.54) is 5.56 Å². The lowest BCUT2D eigenvalue weighted by Gasteiger charge is -2.12. The molecular formula is C17H26N2O2. The lowest BCUT2D eigenvalue weighted by atomic mass is 10.2. The van der Waals surface area contributed by atoms with E-state index >= 15 is 0 Å². The average Bonchev–Trinajstić information content (AvgIpc) is 2.96. The summed E-state index contributed by atoms with van der Waals surface area (Å²) in [6, 6.07) is 6.18. The molecular weight excluding hydrogens is 264 g/mol. The predicted octanol–water partition coefficient (Wildman–Crippen LogP) is 3.62. The minimum absolute atomic E-state index is 0.786. The molecule has 0 amide bonds. The Bertz CT molecular complexity index is 557. The topological polar surface area (TPSA) is 41.5 Å². The van der Waals surface area contributed by atoms with E-state index in [0.717, 1.165) is 55.6 Å². The van der Waals surface area contributed by atoms with Crippen molar-refractivity contribution in [3.05, 3.63) is 46.8 Å². The van der Waals surface area contributed by atoms with Crippen LogP contribution in [0, 0.1) is 13.8 Å². The van der Waals surface area contributed by atoms with Crippen LogP contribution in [0.1, 0.15) is 41.9 Å². The van der Waals surface area contributed by atoms with E-state index in [9.17, 15) is 0 Å². The van der Waals surface area contributed by atoms with Crippen molar-refractivity contribution in [2.75, 3.05) is 13.6 Å². The van der Waals surface area contributed by atoms with Crippen molar-refractivity contribution in [3.8, 4) is 0 Å². The van der Waals surface area contributed by atoms with Gasteiger partial charge in [0.15, 0.2) is 0 Å². The standard InChI is InChI=1S/C17H26N2O2/c1-5-8-18-10-15-9-17(21-14(15)3)12-19(4)11-16-7-6-13(2)20-16/h6-7,9,18H,5,8,10-12H2,1-4H3. The molecule has 0 spiro atoms. The molecule has 4 heteroatoms. The summed E-state index contributed by atoms with van der Waals surface area (Å²) in [6.45, 7) is 9.66. The SMILES string of the molecule is CCCNCc1cc(CN(C)Cc2ccc(C)o2)oc1C. The van der Waals surface area contributed by atoms with Crippen molar-refractivity contribution >= 4 is 0 Å². The maximum absolute atomic E-state index is 5.85. The fourth-order valence-corrected chi connectivity index (χ4v) is 2.40. The van der Waals surface area contributed by atoms with Crippen molar-refractivity contribution in [1.29, 1.82) is 0 Å². The van der Waals surface area contributed by atoms with Crippen LogP contribution >= 0.6 is 0 Å². The first-order valence-electron chi connectivity index (χ1n) is 7.61. The molecule has 2 aromatic heterocycles. The molecule has 0 saturated heterocycles. The summed E-state index contributed by atoms with van der Waals surface area (Å²) >= 11 is 0. The Morgan fingerprint density at radius 2 is 1.86 bits per heavy atom. The lowest BCUT2D eigenvalue weighted by Crippen LogP contribution is -2.16. The smallest absolute Gasteiger partial charge is 0.118 e. The number of nitrogens with zero attached hydrogens (tertiary/aromatic N) is 1. The van der Waals surface area contributed by atoms with Gasteiger partial charge in [0.25, 0.3) is 0 Å². The van der Waals surface area contributed by atoms with Crippen molar-refractivity contribution in [1.82, 2.24) is 10.2 Å². The molecule has 0 aliphatic rings. The zero-order valence-corrected chi connectivity index (χ0v) is 13.5. The van der Waals surface area contributed by atoms with Crippen molar-refractivity contribution in [3.63, 3.8) is 0 Å². The van der Waals surface area contributed by atoms with Gasteiger partial charge in [-0.25, -0.2) is 0 Å². The molecule has 116 valence electrons. The maximum atomic E-state index is 5.85. The van der Waals surface area contributed by atoms with Crippen LogP contribution in [0.15, 0.2) is 27.0 Å². The van der Waals surface area contributed by atoms with Gasteiger partial charge >= 0.3 is 0 Å². The van der Waals surface area contributed by atoms with Gasteiger partial charge in [-0.2, -0.15) is 0 Å². The molecule has 0 unspecified atom stereocenters. The van der Waals surface area contributed by atoms with Gasteiger partial charge in [0.2, 0.25) is 0 Å². The minimum Gasteiger partial charge on any atom is -0.465 e. The number of aryl methyl sites for hydroxylation is 2. The van der Waals surface area contributed by atoms with Gasteiger partial charge in [0, 0.05) is 12.1 Å². The van der Waals surface area contributed by atoms with E-state index in [2.05, 4.69) is 30.3 Å². The van der Waals surface area contributed by atoms with Gasteiger partial charge in [-0.15, -0.1) is 0 Å². The second-order valence-electron chi connectivity index (χ2n) is 5.66. The summed E-state index contributed by atoms with van der Waals surface area (Å²) in [5, 5.41) is 3.41. The molecule has 0 fully saturated rings. The second-order valence-corrected chi connectivity index (χ2v) is 5.66. The highest BCUT2D eigenvalue weighted by molar-refractivity contribution is 5.20. The number of hydrogen-bond acceptors (Lipinski definition) is 4. The Kier molecular flexibility index (Phi) is 5.65. The van der Waals surface area contributed by atoms with Crippen LogP contribution in [0.5, 0.6) is 0 Å². The molecule has 2 aromatic rings. The summed E-state index contributed by atoms with van der Waals surface area (Å²) in [5.41, 5.74) is 1.25. The quantitative estimate of drug-likeness (QED) is 0.754. The Morgan fingerprint density at radius 3 is 2.52 bits per heavy atom. The number of rotatable bonds is 8. The molecule has 21 heavy (non-hydrogen) atoms. The third kappa shape index (κ3) is 4.76. The van der Waals surface area contributed by atoms with Crippen LogP contribution in [0.2, 0.25) is 0 Å². The Hall–Kier alpha value is -1.52. The molecule has 0 atom stereocenters. The fourth-order valence-electron chi connectivity index (χ4n) is 2.40. The maximum Gasteiger partial charge on any atom is 0.118 e. The molecule has 2 rings (SSSR count). The van der Waals surface area contributed by atoms with Gasteiger partial charge in [-0.05, 0) is 52.1 Å². The van der Waals surface area contributed by atoms with Gasteiger partial charge < -0.3 is 14.2 Å². The van der Waals surface area contributed by atoms with Gasteiger partial charge in [-0.1, -0.05) is 6.92 Å². The van der Waals surface area contributed by atoms with Crippen molar-refractivity contribution < 1.29 is 8.83 Å². The molecule has 0 aliphatic heterocycles. The first-order valence-corrected chi connectivity index (χ1v) is 7.61. The number of nitrogens with one attached hydrogen (secondary N) is 1. The molecule has 0 saturated carbocycles. The van der Waals surface area contributed by atoms with Gasteiger partial charge in [0.05, 0.1) is 13.1 Å². The Morgan fingerprint density at radius 1 is 1.10 bits per heavy atom. The first kappa shape index (κ1) is 15.9. The van der Waals surface area contributed by atoms with Crippen LogP contribution in [-0.2, 0) is 19.6 Å². The van der Waals surface area contributed by atoms with Crippen molar-refractivity contribution in [2.24, 2.45) is 0 Å². The fraction of sp³-hybridized carbons (Fsp3) is 0.529. The monoisotopic (exact) mass is 290 g/mol. The molecule has 0 bridgehead atoms. The largest absolute Gasteiger partial charge is 0.465 e. The van der Waals surface area contributed by atoms with E-state index in [-0.39, 0.29) is 0 Å². The van der Waals surface area contributed by atoms with Crippen LogP contribution in [0.25, 0.3) is 0 Å². The minimum atomic E-state index is 0.786. The molecule has 4 nitrogen and oxygen atoms in total. The highest BCUT2D eigenvalue weighted by Crippen LogP contribution is 2.17. The predicted molar refractivity (Wildman–Crippen MR) is 84.1 cm³/mol. The first-order chi connectivity index (χ1) is 10.1. The van der Waals surface area contributed by atoms with Crippen LogP contribution in [0.4, 0.5) is 0 Å².